The third-order valence-corrected chi connectivity index (χ3v) is 5.39. The van der Waals surface area contributed by atoms with Crippen molar-refractivity contribution >= 4 is 29.9 Å². The second-order valence-corrected chi connectivity index (χ2v) is 8.00. The fraction of sp³-hybridized carbons (Fsp3) is 0.480. The number of guanidine groups is 1. The molecule has 1 heterocycles. The molecule has 6 nitrogen and oxygen atoms in total. The van der Waals surface area contributed by atoms with Crippen molar-refractivity contribution < 1.29 is 14.2 Å². The van der Waals surface area contributed by atoms with Crippen molar-refractivity contribution in [1.29, 1.82) is 0 Å². The van der Waals surface area contributed by atoms with E-state index in [1.165, 1.54) is 5.56 Å². The van der Waals surface area contributed by atoms with Gasteiger partial charge < -0.3 is 24.8 Å². The Bertz CT molecular complexity index is 883. The number of aliphatic imine (C=N–C) groups is 1. The molecule has 0 radical (unpaired) electrons. The quantitative estimate of drug-likeness (QED) is 0.270. The molecule has 2 aromatic carbocycles. The van der Waals surface area contributed by atoms with Crippen molar-refractivity contribution in [2.45, 2.75) is 40.3 Å². The summed E-state index contributed by atoms with van der Waals surface area (Å²) >= 11 is 0. The minimum Gasteiger partial charge on any atom is -0.496 e. The first-order valence-corrected chi connectivity index (χ1v) is 11.0. The molecule has 1 saturated heterocycles. The molecule has 7 heteroatoms. The minimum absolute atomic E-state index is 0. The Morgan fingerprint density at radius 3 is 2.66 bits per heavy atom. The van der Waals surface area contributed by atoms with Crippen LogP contribution in [0.2, 0.25) is 0 Å². The van der Waals surface area contributed by atoms with Crippen molar-refractivity contribution in [2.24, 2.45) is 10.9 Å². The van der Waals surface area contributed by atoms with Gasteiger partial charge in [-0.25, -0.2) is 4.99 Å². The fourth-order valence-electron chi connectivity index (χ4n) is 3.59. The lowest BCUT2D eigenvalue weighted by Gasteiger charge is -2.17. The Balaban J connectivity index is 0.00000363. The number of hydrogen-bond donors (Lipinski definition) is 2. The van der Waals surface area contributed by atoms with Gasteiger partial charge in [-0.2, -0.15) is 0 Å². The summed E-state index contributed by atoms with van der Waals surface area (Å²) in [7, 11) is 1.69. The zero-order valence-electron chi connectivity index (χ0n) is 19.6. The molecular formula is C25H36IN3O3. The van der Waals surface area contributed by atoms with Gasteiger partial charge in [-0.05, 0) is 56.0 Å². The number of nitrogens with zero attached hydrogens (tertiary/aromatic N) is 1. The molecule has 1 aliphatic rings. The maximum Gasteiger partial charge on any atom is 0.191 e. The number of hydrogen-bond acceptors (Lipinski definition) is 4. The van der Waals surface area contributed by atoms with Crippen molar-refractivity contribution in [3.63, 3.8) is 0 Å². The number of ether oxygens (including phenoxy) is 3. The predicted molar refractivity (Wildman–Crippen MR) is 140 cm³/mol. The summed E-state index contributed by atoms with van der Waals surface area (Å²) in [5, 5.41) is 6.77. The van der Waals surface area contributed by atoms with E-state index in [2.05, 4.69) is 54.8 Å². The Morgan fingerprint density at radius 1 is 1.12 bits per heavy atom. The highest BCUT2D eigenvalue weighted by molar-refractivity contribution is 14.0. The second kappa shape index (κ2) is 13.5. The molecule has 0 bridgehead atoms. The Kier molecular flexibility index (Phi) is 11.1. The van der Waals surface area contributed by atoms with E-state index < -0.39 is 0 Å². The third kappa shape index (κ3) is 7.85. The molecule has 176 valence electrons. The normalized spacial score (nSPS) is 15.8. The number of halogens is 1. The van der Waals surface area contributed by atoms with E-state index in [0.717, 1.165) is 60.3 Å². The smallest absolute Gasteiger partial charge is 0.191 e. The Labute approximate surface area is 209 Å². The lowest BCUT2D eigenvalue weighted by molar-refractivity contribution is 0.166. The number of rotatable bonds is 9. The monoisotopic (exact) mass is 553 g/mol. The molecular weight excluding hydrogens is 517 g/mol. The summed E-state index contributed by atoms with van der Waals surface area (Å²) in [5.74, 6) is 3.09. The molecule has 2 aromatic rings. The highest BCUT2D eigenvalue weighted by Crippen LogP contribution is 2.23. The van der Waals surface area contributed by atoms with E-state index in [0.29, 0.717) is 25.6 Å². The van der Waals surface area contributed by atoms with E-state index >= 15 is 0 Å². The standard InChI is InChI=1S/C25H35N3O3.HI/c1-5-26-25(27-14-20-7-9-23(29-4)19(3)13-20)28-15-22-8-6-18(2)12-24(22)31-17-21-10-11-30-16-21;/h6-9,12-13,21H,5,10-11,14-17H2,1-4H3,(H2,26,27,28);1H. The van der Waals surface area contributed by atoms with Gasteiger partial charge in [0.2, 0.25) is 0 Å². The van der Waals surface area contributed by atoms with Crippen molar-refractivity contribution in [3.8, 4) is 11.5 Å². The molecule has 0 spiro atoms. The molecule has 1 fully saturated rings. The van der Waals surface area contributed by atoms with Crippen LogP contribution in [-0.4, -0.2) is 39.4 Å². The summed E-state index contributed by atoms with van der Waals surface area (Å²) < 4.78 is 17.0. The summed E-state index contributed by atoms with van der Waals surface area (Å²) in [6, 6.07) is 12.5. The number of methoxy groups -OCH3 is 1. The maximum absolute atomic E-state index is 6.17. The van der Waals surface area contributed by atoms with Crippen LogP contribution in [0.1, 0.15) is 35.6 Å². The van der Waals surface area contributed by atoms with Crippen LogP contribution >= 0.6 is 24.0 Å². The highest BCUT2D eigenvalue weighted by Gasteiger charge is 2.17. The van der Waals surface area contributed by atoms with Crippen molar-refractivity contribution in [3.05, 3.63) is 58.7 Å². The SMILES string of the molecule is CCNC(=NCc1ccc(OC)c(C)c1)NCc1ccc(C)cc1OCC1CCOC1.I. The zero-order valence-corrected chi connectivity index (χ0v) is 21.9. The van der Waals surface area contributed by atoms with Gasteiger partial charge in [0.15, 0.2) is 5.96 Å². The van der Waals surface area contributed by atoms with Crippen LogP contribution in [0.25, 0.3) is 0 Å². The highest BCUT2D eigenvalue weighted by atomic mass is 127. The molecule has 32 heavy (non-hydrogen) atoms. The van der Waals surface area contributed by atoms with Crippen LogP contribution in [0, 0.1) is 19.8 Å². The minimum atomic E-state index is 0. The van der Waals surface area contributed by atoms with Gasteiger partial charge in [0, 0.05) is 31.2 Å². The van der Waals surface area contributed by atoms with Gasteiger partial charge in [-0.1, -0.05) is 24.3 Å². The molecule has 1 unspecified atom stereocenters. The molecule has 0 amide bonds. The topological polar surface area (TPSA) is 64.1 Å². The summed E-state index contributed by atoms with van der Waals surface area (Å²) in [6.07, 6.45) is 1.07. The average Bonchev–Trinajstić information content (AvgIpc) is 3.29. The summed E-state index contributed by atoms with van der Waals surface area (Å²) in [4.78, 5) is 4.75. The second-order valence-electron chi connectivity index (χ2n) is 8.00. The number of nitrogens with one attached hydrogen (secondary N) is 2. The van der Waals surface area contributed by atoms with Crippen LogP contribution in [-0.2, 0) is 17.8 Å². The first-order valence-electron chi connectivity index (χ1n) is 11.0. The van der Waals surface area contributed by atoms with Gasteiger partial charge in [-0.3, -0.25) is 0 Å². The van der Waals surface area contributed by atoms with E-state index in [1.54, 1.807) is 7.11 Å². The summed E-state index contributed by atoms with van der Waals surface area (Å²) in [5.41, 5.74) is 4.57. The fourth-order valence-corrected chi connectivity index (χ4v) is 3.59. The van der Waals surface area contributed by atoms with Crippen LogP contribution in [0.3, 0.4) is 0 Å². The van der Waals surface area contributed by atoms with Gasteiger partial charge in [-0.15, -0.1) is 24.0 Å². The molecule has 0 aliphatic carbocycles. The Hall–Kier alpha value is -2.00. The predicted octanol–water partition coefficient (Wildman–Crippen LogP) is 4.60. The largest absolute Gasteiger partial charge is 0.496 e. The van der Waals surface area contributed by atoms with Crippen molar-refractivity contribution in [2.75, 3.05) is 33.5 Å². The molecule has 1 atom stereocenters. The average molecular weight is 553 g/mol. The van der Waals surface area contributed by atoms with Gasteiger partial charge in [0.1, 0.15) is 11.5 Å². The third-order valence-electron chi connectivity index (χ3n) is 5.39. The molecule has 0 saturated carbocycles. The van der Waals surface area contributed by atoms with Crippen LogP contribution < -0.4 is 20.1 Å². The van der Waals surface area contributed by atoms with Crippen LogP contribution in [0.15, 0.2) is 41.4 Å². The lowest BCUT2D eigenvalue weighted by atomic mass is 10.1. The van der Waals surface area contributed by atoms with Gasteiger partial charge in [0.05, 0.1) is 26.9 Å². The first-order chi connectivity index (χ1) is 15.1. The molecule has 3 rings (SSSR count). The van der Waals surface area contributed by atoms with E-state index in [4.69, 9.17) is 19.2 Å². The molecule has 0 aromatic heterocycles. The zero-order chi connectivity index (χ0) is 22.1. The van der Waals surface area contributed by atoms with E-state index in [9.17, 15) is 0 Å². The maximum atomic E-state index is 6.17. The van der Waals surface area contributed by atoms with Crippen molar-refractivity contribution in [1.82, 2.24) is 10.6 Å². The van der Waals surface area contributed by atoms with E-state index in [1.807, 2.05) is 13.0 Å². The van der Waals surface area contributed by atoms with Gasteiger partial charge >= 0.3 is 0 Å². The molecule has 1 aliphatic heterocycles. The van der Waals surface area contributed by atoms with Crippen LogP contribution in [0.4, 0.5) is 0 Å². The van der Waals surface area contributed by atoms with Gasteiger partial charge in [0.25, 0.3) is 0 Å². The molecule has 2 N–H and O–H groups in total. The summed E-state index contributed by atoms with van der Waals surface area (Å²) in [6.45, 7) is 10.6. The van der Waals surface area contributed by atoms with Crippen LogP contribution in [0.5, 0.6) is 11.5 Å². The first kappa shape index (κ1) is 26.3. The number of benzene rings is 2. The van der Waals surface area contributed by atoms with E-state index in [-0.39, 0.29) is 24.0 Å². The lowest BCUT2D eigenvalue weighted by Crippen LogP contribution is -2.36. The Morgan fingerprint density at radius 2 is 1.97 bits per heavy atom. The number of aryl methyl sites for hydroxylation is 2.